The summed E-state index contributed by atoms with van der Waals surface area (Å²) in [5.74, 6) is 0.777. The molecule has 1 aliphatic heterocycles. The Morgan fingerprint density at radius 1 is 1.17 bits per heavy atom. The number of carbonyl (C=O) groups excluding carboxylic acids is 2. The Kier molecular flexibility index (Phi) is 8.50. The van der Waals surface area contributed by atoms with E-state index < -0.39 is 0 Å². The second-order valence-corrected chi connectivity index (χ2v) is 8.14. The molecule has 1 unspecified atom stereocenters. The zero-order valence-electron chi connectivity index (χ0n) is 17.5. The van der Waals surface area contributed by atoms with Gasteiger partial charge in [0.25, 0.3) is 0 Å². The molecule has 1 atom stereocenters. The Morgan fingerprint density at radius 3 is 2.76 bits per heavy atom. The lowest BCUT2D eigenvalue weighted by Gasteiger charge is -2.30. The molecule has 0 spiro atoms. The average molecular weight is 403 g/mol. The zero-order valence-corrected chi connectivity index (χ0v) is 17.5. The van der Waals surface area contributed by atoms with Crippen LogP contribution in [-0.2, 0) is 19.1 Å². The fraction of sp³-hybridized carbons (Fsp3) is 0.652. The molecule has 0 bridgehead atoms. The maximum absolute atomic E-state index is 12.8. The molecule has 3 rings (SSSR count). The third kappa shape index (κ3) is 6.54. The molecule has 0 aromatic heterocycles. The van der Waals surface area contributed by atoms with E-state index in [4.69, 9.17) is 9.47 Å². The number of ether oxygens (including phenoxy) is 2. The molecular formula is C23H34N2O4. The number of para-hydroxylation sites is 1. The molecule has 1 heterocycles. The Bertz CT molecular complexity index is 673. The van der Waals surface area contributed by atoms with E-state index >= 15 is 0 Å². The molecule has 0 radical (unpaired) electrons. The third-order valence-electron chi connectivity index (χ3n) is 5.93. The quantitative estimate of drug-likeness (QED) is 0.602. The summed E-state index contributed by atoms with van der Waals surface area (Å²) in [4.78, 5) is 26.6. The molecule has 6 heteroatoms. The summed E-state index contributed by atoms with van der Waals surface area (Å²) in [5.41, 5.74) is 1.83. The number of nitrogens with one attached hydrogen (secondary N) is 1. The number of benzene rings is 1. The monoisotopic (exact) mass is 402 g/mol. The number of methoxy groups -OCH3 is 1. The van der Waals surface area contributed by atoms with Gasteiger partial charge in [-0.15, -0.1) is 0 Å². The average Bonchev–Trinajstić information content (AvgIpc) is 2.74. The van der Waals surface area contributed by atoms with Crippen molar-refractivity contribution in [2.24, 2.45) is 5.92 Å². The summed E-state index contributed by atoms with van der Waals surface area (Å²) in [6.07, 6.45) is 7.55. The van der Waals surface area contributed by atoms with Gasteiger partial charge in [-0.3, -0.25) is 9.59 Å². The van der Waals surface area contributed by atoms with Crippen LogP contribution in [0.3, 0.4) is 0 Å². The lowest BCUT2D eigenvalue weighted by Crippen LogP contribution is -2.38. The van der Waals surface area contributed by atoms with Crippen molar-refractivity contribution in [1.29, 1.82) is 0 Å². The summed E-state index contributed by atoms with van der Waals surface area (Å²) in [6, 6.07) is 7.74. The van der Waals surface area contributed by atoms with Crippen LogP contribution in [0, 0.1) is 5.92 Å². The summed E-state index contributed by atoms with van der Waals surface area (Å²) >= 11 is 0. The SMILES string of the molecule is COCCN(CC1CCCCC1)C(=O)CCCOC1CC(=O)Nc2ccccc21. The van der Waals surface area contributed by atoms with Gasteiger partial charge < -0.3 is 19.7 Å². The van der Waals surface area contributed by atoms with Gasteiger partial charge in [-0.1, -0.05) is 37.5 Å². The first-order valence-electron chi connectivity index (χ1n) is 10.9. The number of fused-ring (bicyclic) bond motifs is 1. The van der Waals surface area contributed by atoms with Crippen molar-refractivity contribution in [3.63, 3.8) is 0 Å². The van der Waals surface area contributed by atoms with Gasteiger partial charge in [0.15, 0.2) is 0 Å². The van der Waals surface area contributed by atoms with E-state index in [1.165, 1.54) is 32.1 Å². The maximum atomic E-state index is 12.8. The molecule has 1 aliphatic carbocycles. The number of amides is 2. The summed E-state index contributed by atoms with van der Waals surface area (Å²) < 4.78 is 11.2. The van der Waals surface area contributed by atoms with Crippen molar-refractivity contribution in [1.82, 2.24) is 4.90 Å². The smallest absolute Gasteiger partial charge is 0.227 e. The fourth-order valence-corrected chi connectivity index (χ4v) is 4.33. The van der Waals surface area contributed by atoms with Crippen LogP contribution in [0.4, 0.5) is 5.69 Å². The highest BCUT2D eigenvalue weighted by Crippen LogP contribution is 2.32. The van der Waals surface area contributed by atoms with E-state index in [2.05, 4.69) is 5.32 Å². The van der Waals surface area contributed by atoms with E-state index in [0.29, 0.717) is 44.9 Å². The van der Waals surface area contributed by atoms with Crippen LogP contribution < -0.4 is 5.32 Å². The van der Waals surface area contributed by atoms with Crippen molar-refractivity contribution in [3.05, 3.63) is 29.8 Å². The number of carbonyl (C=O) groups is 2. The normalized spacial score (nSPS) is 19.5. The molecular weight excluding hydrogens is 368 g/mol. The van der Waals surface area contributed by atoms with Crippen LogP contribution in [0.2, 0.25) is 0 Å². The summed E-state index contributed by atoms with van der Waals surface area (Å²) in [7, 11) is 1.68. The predicted octanol–water partition coefficient (Wildman–Crippen LogP) is 3.92. The number of rotatable bonds is 10. The minimum Gasteiger partial charge on any atom is -0.383 e. The van der Waals surface area contributed by atoms with E-state index in [9.17, 15) is 9.59 Å². The Morgan fingerprint density at radius 2 is 1.97 bits per heavy atom. The Balaban J connectivity index is 1.45. The molecule has 2 aliphatic rings. The number of anilines is 1. The molecule has 29 heavy (non-hydrogen) atoms. The van der Waals surface area contributed by atoms with Gasteiger partial charge in [-0.05, 0) is 31.2 Å². The minimum absolute atomic E-state index is 0.0250. The van der Waals surface area contributed by atoms with Crippen molar-refractivity contribution in [3.8, 4) is 0 Å². The van der Waals surface area contributed by atoms with Crippen LogP contribution in [-0.4, -0.2) is 50.1 Å². The van der Waals surface area contributed by atoms with Crippen molar-refractivity contribution in [2.45, 2.75) is 57.5 Å². The lowest BCUT2D eigenvalue weighted by atomic mass is 9.89. The van der Waals surface area contributed by atoms with Gasteiger partial charge in [0.2, 0.25) is 11.8 Å². The molecule has 1 saturated carbocycles. The molecule has 1 fully saturated rings. The first kappa shape index (κ1) is 21.8. The minimum atomic E-state index is -0.234. The van der Waals surface area contributed by atoms with E-state index in [1.807, 2.05) is 29.2 Å². The van der Waals surface area contributed by atoms with E-state index in [0.717, 1.165) is 17.8 Å². The molecule has 1 aromatic carbocycles. The summed E-state index contributed by atoms with van der Waals surface area (Å²) in [6.45, 7) is 2.55. The molecule has 0 saturated heterocycles. The van der Waals surface area contributed by atoms with Crippen LogP contribution in [0.15, 0.2) is 24.3 Å². The molecule has 160 valence electrons. The molecule has 6 nitrogen and oxygen atoms in total. The molecule has 1 N–H and O–H groups in total. The highest BCUT2D eigenvalue weighted by atomic mass is 16.5. The van der Waals surface area contributed by atoms with Crippen LogP contribution in [0.5, 0.6) is 0 Å². The van der Waals surface area contributed by atoms with E-state index in [1.54, 1.807) is 7.11 Å². The zero-order chi connectivity index (χ0) is 20.5. The predicted molar refractivity (Wildman–Crippen MR) is 113 cm³/mol. The number of hydrogen-bond acceptors (Lipinski definition) is 4. The highest BCUT2D eigenvalue weighted by molar-refractivity contribution is 5.94. The van der Waals surface area contributed by atoms with Crippen LogP contribution in [0.1, 0.15) is 63.0 Å². The Hall–Kier alpha value is -1.92. The summed E-state index contributed by atoms with van der Waals surface area (Å²) in [5, 5.41) is 2.88. The van der Waals surface area contributed by atoms with Gasteiger partial charge in [-0.2, -0.15) is 0 Å². The fourth-order valence-electron chi connectivity index (χ4n) is 4.33. The second-order valence-electron chi connectivity index (χ2n) is 8.14. The first-order valence-corrected chi connectivity index (χ1v) is 10.9. The third-order valence-corrected chi connectivity index (χ3v) is 5.93. The highest BCUT2D eigenvalue weighted by Gasteiger charge is 2.25. The van der Waals surface area contributed by atoms with Crippen LogP contribution in [0.25, 0.3) is 0 Å². The number of nitrogens with zero attached hydrogens (tertiary/aromatic N) is 1. The topological polar surface area (TPSA) is 67.9 Å². The second kappa shape index (κ2) is 11.3. The van der Waals surface area contributed by atoms with Crippen molar-refractivity contribution >= 4 is 17.5 Å². The maximum Gasteiger partial charge on any atom is 0.227 e. The lowest BCUT2D eigenvalue weighted by molar-refractivity contribution is -0.133. The van der Waals surface area contributed by atoms with Gasteiger partial charge in [-0.25, -0.2) is 0 Å². The van der Waals surface area contributed by atoms with Crippen molar-refractivity contribution < 1.29 is 19.1 Å². The van der Waals surface area contributed by atoms with E-state index in [-0.39, 0.29) is 17.9 Å². The van der Waals surface area contributed by atoms with Gasteiger partial charge >= 0.3 is 0 Å². The van der Waals surface area contributed by atoms with Crippen LogP contribution >= 0.6 is 0 Å². The first-order chi connectivity index (χ1) is 14.2. The number of hydrogen-bond donors (Lipinski definition) is 1. The van der Waals surface area contributed by atoms with Gasteiger partial charge in [0, 0.05) is 44.5 Å². The standard InChI is InChI=1S/C23H34N2O4/c1-28-15-13-25(17-18-8-3-2-4-9-18)23(27)12-7-14-29-21-16-22(26)24-20-11-6-5-10-19(20)21/h5-6,10-11,18,21H,2-4,7-9,12-17H2,1H3,(H,24,26). The van der Waals surface area contributed by atoms with Gasteiger partial charge in [0.05, 0.1) is 19.1 Å². The Labute approximate surface area is 173 Å². The molecule has 2 amide bonds. The van der Waals surface area contributed by atoms with Gasteiger partial charge in [0.1, 0.15) is 0 Å². The largest absolute Gasteiger partial charge is 0.383 e. The van der Waals surface area contributed by atoms with Crippen molar-refractivity contribution in [2.75, 3.05) is 38.7 Å². The molecule has 1 aromatic rings.